The van der Waals surface area contributed by atoms with Gasteiger partial charge in [-0.15, -0.1) is 0 Å². The van der Waals surface area contributed by atoms with Crippen LogP contribution < -0.4 is 5.56 Å². The van der Waals surface area contributed by atoms with Gasteiger partial charge < -0.3 is 15.2 Å². The number of carboxylic acids is 1. The highest BCUT2D eigenvalue weighted by atomic mass is 35.5. The molecule has 2 aromatic rings. The first-order chi connectivity index (χ1) is 9.90. The van der Waals surface area contributed by atoms with Crippen molar-refractivity contribution in [1.82, 2.24) is 9.97 Å². The van der Waals surface area contributed by atoms with Gasteiger partial charge in [0.2, 0.25) is 0 Å². The van der Waals surface area contributed by atoms with E-state index in [1.807, 2.05) is 13.0 Å². The summed E-state index contributed by atoms with van der Waals surface area (Å²) in [5.74, 6) is -2.11. The molecule has 0 amide bonds. The van der Waals surface area contributed by atoms with Gasteiger partial charge in [-0.2, -0.15) is 0 Å². The lowest BCUT2D eigenvalue weighted by atomic mass is 9.83. The standard InChI is InChI=1S/C14H11ClN2O4/c1-5-4-6-2-3-7(15)16-10(6)11-8(5)12(18)9(14(20)21)13(19)17-11/h2-3,5H,4H2,1H3,(H,20,21)(H2,17,18,19). The number of fused-ring (bicyclic) bond motifs is 3. The van der Waals surface area contributed by atoms with Crippen molar-refractivity contribution in [3.63, 3.8) is 0 Å². The molecule has 0 saturated heterocycles. The van der Waals surface area contributed by atoms with E-state index in [1.54, 1.807) is 6.07 Å². The van der Waals surface area contributed by atoms with Gasteiger partial charge in [0, 0.05) is 5.56 Å². The molecule has 1 atom stereocenters. The topological polar surface area (TPSA) is 103 Å². The number of hydrogen-bond acceptors (Lipinski definition) is 4. The zero-order valence-electron chi connectivity index (χ0n) is 11.0. The van der Waals surface area contributed by atoms with Crippen LogP contribution in [-0.4, -0.2) is 26.2 Å². The molecule has 1 aliphatic rings. The van der Waals surface area contributed by atoms with E-state index in [2.05, 4.69) is 9.97 Å². The van der Waals surface area contributed by atoms with E-state index in [4.69, 9.17) is 16.7 Å². The predicted molar refractivity (Wildman–Crippen MR) is 76.0 cm³/mol. The van der Waals surface area contributed by atoms with Crippen LogP contribution in [0.25, 0.3) is 11.4 Å². The van der Waals surface area contributed by atoms with Crippen LogP contribution >= 0.6 is 11.6 Å². The van der Waals surface area contributed by atoms with E-state index >= 15 is 0 Å². The van der Waals surface area contributed by atoms with Crippen LogP contribution in [0.2, 0.25) is 5.15 Å². The van der Waals surface area contributed by atoms with Crippen LogP contribution in [0.5, 0.6) is 5.75 Å². The molecule has 0 spiro atoms. The number of nitrogens with one attached hydrogen (secondary N) is 1. The Kier molecular flexibility index (Phi) is 2.98. The maximum atomic E-state index is 11.9. The number of nitrogens with zero attached hydrogens (tertiary/aromatic N) is 1. The van der Waals surface area contributed by atoms with E-state index in [-0.39, 0.29) is 11.1 Å². The number of carbonyl (C=O) groups is 1. The van der Waals surface area contributed by atoms with Crippen LogP contribution in [0, 0.1) is 0 Å². The minimum Gasteiger partial charge on any atom is -0.506 e. The Morgan fingerprint density at radius 2 is 2.19 bits per heavy atom. The zero-order chi connectivity index (χ0) is 15.3. The summed E-state index contributed by atoms with van der Waals surface area (Å²) in [6.45, 7) is 1.85. The van der Waals surface area contributed by atoms with Crippen LogP contribution in [-0.2, 0) is 6.42 Å². The van der Waals surface area contributed by atoms with Crippen molar-refractivity contribution >= 4 is 17.6 Å². The Bertz CT molecular complexity index is 828. The molecule has 0 bridgehead atoms. The molecule has 0 radical (unpaired) electrons. The highest BCUT2D eigenvalue weighted by Crippen LogP contribution is 2.42. The van der Waals surface area contributed by atoms with Gasteiger partial charge in [-0.25, -0.2) is 9.78 Å². The third-order valence-electron chi connectivity index (χ3n) is 3.64. The molecule has 2 heterocycles. The molecule has 1 unspecified atom stereocenters. The van der Waals surface area contributed by atoms with E-state index < -0.39 is 22.8 Å². The van der Waals surface area contributed by atoms with Crippen LogP contribution in [0.15, 0.2) is 16.9 Å². The van der Waals surface area contributed by atoms with Gasteiger partial charge in [0.1, 0.15) is 10.9 Å². The van der Waals surface area contributed by atoms with E-state index in [0.717, 1.165) is 5.56 Å². The Labute approximate surface area is 124 Å². The quantitative estimate of drug-likeness (QED) is 0.700. The van der Waals surface area contributed by atoms with Gasteiger partial charge in [0.25, 0.3) is 5.56 Å². The molecule has 0 fully saturated rings. The lowest BCUT2D eigenvalue weighted by Gasteiger charge is -2.25. The number of H-pyrrole nitrogens is 1. The lowest BCUT2D eigenvalue weighted by molar-refractivity contribution is 0.0691. The number of aromatic hydroxyl groups is 1. The van der Waals surface area contributed by atoms with Crippen LogP contribution in [0.3, 0.4) is 0 Å². The molecule has 21 heavy (non-hydrogen) atoms. The number of rotatable bonds is 1. The number of aromatic carboxylic acids is 1. The summed E-state index contributed by atoms with van der Waals surface area (Å²) < 4.78 is 0. The van der Waals surface area contributed by atoms with Gasteiger partial charge >= 0.3 is 5.97 Å². The number of pyridine rings is 2. The number of aromatic nitrogens is 2. The second-order valence-electron chi connectivity index (χ2n) is 5.02. The summed E-state index contributed by atoms with van der Waals surface area (Å²) in [6, 6.07) is 3.46. The van der Waals surface area contributed by atoms with Crippen molar-refractivity contribution in [2.24, 2.45) is 0 Å². The maximum absolute atomic E-state index is 11.9. The average molecular weight is 307 g/mol. The molecule has 1 aliphatic carbocycles. The van der Waals surface area contributed by atoms with Gasteiger partial charge in [-0.1, -0.05) is 24.6 Å². The summed E-state index contributed by atoms with van der Waals surface area (Å²) in [4.78, 5) is 29.7. The first-order valence-corrected chi connectivity index (χ1v) is 6.66. The predicted octanol–water partition coefficient (Wildman–Crippen LogP) is 2.15. The van der Waals surface area contributed by atoms with Crippen molar-refractivity contribution in [2.45, 2.75) is 19.3 Å². The number of carboxylic acid groups (broad SMARTS) is 1. The van der Waals surface area contributed by atoms with E-state index in [9.17, 15) is 14.7 Å². The second kappa shape index (κ2) is 4.60. The number of aromatic amines is 1. The summed E-state index contributed by atoms with van der Waals surface area (Å²) in [6.07, 6.45) is 0.575. The Balaban J connectivity index is 2.39. The molecule has 0 aromatic carbocycles. The third-order valence-corrected chi connectivity index (χ3v) is 3.85. The van der Waals surface area contributed by atoms with Gasteiger partial charge in [0.15, 0.2) is 5.56 Å². The molecule has 0 aliphatic heterocycles. The SMILES string of the molecule is CC1Cc2ccc(Cl)nc2-c2[nH]c(=O)c(C(=O)O)c(O)c21. The minimum absolute atomic E-state index is 0.148. The summed E-state index contributed by atoms with van der Waals surface area (Å²) in [5.41, 5.74) is 0.567. The molecule has 108 valence electrons. The summed E-state index contributed by atoms with van der Waals surface area (Å²) in [7, 11) is 0. The van der Waals surface area contributed by atoms with Crippen molar-refractivity contribution in [3.8, 4) is 17.1 Å². The van der Waals surface area contributed by atoms with E-state index in [1.165, 1.54) is 0 Å². The van der Waals surface area contributed by atoms with Crippen LogP contribution in [0.4, 0.5) is 0 Å². The maximum Gasteiger partial charge on any atom is 0.345 e. The Hall–Kier alpha value is -2.34. The minimum atomic E-state index is -1.46. The Morgan fingerprint density at radius 1 is 1.48 bits per heavy atom. The fraction of sp³-hybridized carbons (Fsp3) is 0.214. The lowest BCUT2D eigenvalue weighted by Crippen LogP contribution is -2.23. The normalized spacial score (nSPS) is 16.2. The molecule has 0 saturated carbocycles. The molecule has 3 N–H and O–H groups in total. The highest BCUT2D eigenvalue weighted by Gasteiger charge is 2.31. The highest BCUT2D eigenvalue weighted by molar-refractivity contribution is 6.29. The van der Waals surface area contributed by atoms with Gasteiger partial charge in [-0.05, 0) is 24.0 Å². The molecular formula is C14H11ClN2O4. The number of hydrogen-bond donors (Lipinski definition) is 3. The molecule has 7 heteroatoms. The largest absolute Gasteiger partial charge is 0.506 e. The summed E-state index contributed by atoms with van der Waals surface area (Å²) >= 11 is 5.88. The average Bonchev–Trinajstić information content (AvgIpc) is 2.38. The monoisotopic (exact) mass is 306 g/mol. The van der Waals surface area contributed by atoms with Crippen LogP contribution in [0.1, 0.15) is 34.3 Å². The first-order valence-electron chi connectivity index (χ1n) is 6.28. The fourth-order valence-corrected chi connectivity index (χ4v) is 2.89. The third kappa shape index (κ3) is 1.99. The fourth-order valence-electron chi connectivity index (χ4n) is 2.75. The van der Waals surface area contributed by atoms with Gasteiger partial charge in [-0.3, -0.25) is 4.79 Å². The summed E-state index contributed by atoms with van der Waals surface area (Å²) in [5, 5.41) is 19.5. The van der Waals surface area contributed by atoms with Crippen molar-refractivity contribution < 1.29 is 15.0 Å². The van der Waals surface area contributed by atoms with Gasteiger partial charge in [0.05, 0.1) is 11.4 Å². The molecular weight excluding hydrogens is 296 g/mol. The first kappa shape index (κ1) is 13.6. The van der Waals surface area contributed by atoms with Crippen molar-refractivity contribution in [2.75, 3.05) is 0 Å². The number of halogens is 1. The molecule has 6 nitrogen and oxygen atoms in total. The van der Waals surface area contributed by atoms with E-state index in [0.29, 0.717) is 23.4 Å². The molecule has 3 rings (SSSR count). The molecule has 2 aromatic heterocycles. The smallest absolute Gasteiger partial charge is 0.345 e. The Morgan fingerprint density at radius 3 is 2.86 bits per heavy atom. The van der Waals surface area contributed by atoms with Crippen molar-refractivity contribution in [3.05, 3.63) is 44.3 Å². The second-order valence-corrected chi connectivity index (χ2v) is 5.41. The zero-order valence-corrected chi connectivity index (χ0v) is 11.7. The van der Waals surface area contributed by atoms with Crippen molar-refractivity contribution in [1.29, 1.82) is 0 Å².